The monoisotopic (exact) mass is 174 g/mol. The van der Waals surface area contributed by atoms with E-state index >= 15 is 0 Å². The molecule has 12 heavy (non-hydrogen) atoms. The fraction of sp³-hybridized carbons (Fsp3) is 0.889. The van der Waals surface area contributed by atoms with E-state index in [0.29, 0.717) is 6.42 Å². The van der Waals surface area contributed by atoms with Gasteiger partial charge in [0.05, 0.1) is 6.10 Å². The van der Waals surface area contributed by atoms with Gasteiger partial charge in [-0.05, 0) is 11.8 Å². The van der Waals surface area contributed by atoms with Crippen LogP contribution in [0, 0.1) is 5.41 Å². The lowest BCUT2D eigenvalue weighted by Crippen LogP contribution is -2.23. The second-order valence-electron chi connectivity index (χ2n) is 4.22. The number of carbonyl (C=O) groups excluding carboxylic acids is 1. The molecule has 0 saturated heterocycles. The van der Waals surface area contributed by atoms with Crippen molar-refractivity contribution in [1.82, 2.24) is 0 Å². The minimum absolute atomic E-state index is 0.0690. The van der Waals surface area contributed by atoms with Gasteiger partial charge < -0.3 is 9.84 Å². The first-order chi connectivity index (χ1) is 5.31. The molecule has 0 amide bonds. The Bertz CT molecular complexity index is 146. The Labute approximate surface area is 73.7 Å². The molecule has 0 fully saturated rings. The van der Waals surface area contributed by atoms with Gasteiger partial charge in [0.15, 0.2) is 0 Å². The van der Waals surface area contributed by atoms with E-state index in [1.807, 2.05) is 20.8 Å². The lowest BCUT2D eigenvalue weighted by atomic mass is 9.89. The van der Waals surface area contributed by atoms with Gasteiger partial charge in [-0.2, -0.15) is 0 Å². The maximum atomic E-state index is 10.4. The van der Waals surface area contributed by atoms with Crippen molar-refractivity contribution in [1.29, 1.82) is 0 Å². The molecule has 0 bridgehead atoms. The highest BCUT2D eigenvalue weighted by Gasteiger charge is 2.17. The smallest absolute Gasteiger partial charge is 0.302 e. The van der Waals surface area contributed by atoms with Gasteiger partial charge >= 0.3 is 5.97 Å². The highest BCUT2D eigenvalue weighted by Crippen LogP contribution is 2.20. The lowest BCUT2D eigenvalue weighted by Gasteiger charge is -2.21. The van der Waals surface area contributed by atoms with Crippen LogP contribution in [-0.2, 0) is 9.53 Å². The van der Waals surface area contributed by atoms with Crippen LogP contribution in [-0.4, -0.2) is 23.8 Å². The third kappa shape index (κ3) is 7.54. The Balaban J connectivity index is 3.60. The zero-order valence-corrected chi connectivity index (χ0v) is 8.26. The van der Waals surface area contributed by atoms with Crippen LogP contribution >= 0.6 is 0 Å². The van der Waals surface area contributed by atoms with Crippen molar-refractivity contribution in [2.75, 3.05) is 6.61 Å². The first-order valence-corrected chi connectivity index (χ1v) is 4.13. The first-order valence-electron chi connectivity index (χ1n) is 4.13. The van der Waals surface area contributed by atoms with Crippen molar-refractivity contribution in [3.05, 3.63) is 0 Å². The molecule has 0 aliphatic heterocycles. The number of hydrogen-bond donors (Lipinski definition) is 1. The number of rotatable bonds is 3. The highest BCUT2D eigenvalue weighted by atomic mass is 16.5. The van der Waals surface area contributed by atoms with Crippen LogP contribution in [0.5, 0.6) is 0 Å². The van der Waals surface area contributed by atoms with Crippen LogP contribution in [0.2, 0.25) is 0 Å². The molecule has 0 aliphatic rings. The Kier molecular flexibility index (Phi) is 4.24. The molecule has 0 aliphatic carbocycles. The van der Waals surface area contributed by atoms with Crippen molar-refractivity contribution in [3.63, 3.8) is 0 Å². The summed E-state index contributed by atoms with van der Waals surface area (Å²) in [6, 6.07) is 0. The van der Waals surface area contributed by atoms with E-state index in [1.54, 1.807) is 0 Å². The molecular formula is C9H18O3. The van der Waals surface area contributed by atoms with Gasteiger partial charge in [0.25, 0.3) is 0 Å². The van der Waals surface area contributed by atoms with Gasteiger partial charge in [-0.25, -0.2) is 0 Å². The van der Waals surface area contributed by atoms with Crippen LogP contribution < -0.4 is 0 Å². The Hall–Kier alpha value is -0.570. The number of aliphatic hydroxyl groups is 1. The van der Waals surface area contributed by atoms with Gasteiger partial charge in [-0.15, -0.1) is 0 Å². The average molecular weight is 174 g/mol. The second-order valence-corrected chi connectivity index (χ2v) is 4.22. The highest BCUT2D eigenvalue weighted by molar-refractivity contribution is 5.65. The van der Waals surface area contributed by atoms with E-state index in [1.165, 1.54) is 6.92 Å². The summed E-state index contributed by atoms with van der Waals surface area (Å²) in [5, 5.41) is 9.36. The van der Waals surface area contributed by atoms with E-state index in [-0.39, 0.29) is 18.0 Å². The fourth-order valence-electron chi connectivity index (χ4n) is 0.979. The van der Waals surface area contributed by atoms with Gasteiger partial charge in [0.2, 0.25) is 0 Å². The minimum atomic E-state index is -0.547. The SMILES string of the molecule is CC(=O)OCC(O)CC(C)(C)C. The molecule has 0 radical (unpaired) electrons. The van der Waals surface area contributed by atoms with Crippen LogP contribution in [0.4, 0.5) is 0 Å². The maximum absolute atomic E-state index is 10.4. The molecule has 0 heterocycles. The predicted octanol–water partition coefficient (Wildman–Crippen LogP) is 1.35. The number of aliphatic hydroxyl groups excluding tert-OH is 1. The van der Waals surface area contributed by atoms with Crippen LogP contribution in [0.25, 0.3) is 0 Å². The van der Waals surface area contributed by atoms with Crippen molar-refractivity contribution >= 4 is 5.97 Å². The van der Waals surface area contributed by atoms with E-state index in [9.17, 15) is 9.90 Å². The Morgan fingerprint density at radius 3 is 2.33 bits per heavy atom. The molecule has 0 rings (SSSR count). The summed E-state index contributed by atoms with van der Waals surface area (Å²) in [5.74, 6) is -0.344. The maximum Gasteiger partial charge on any atom is 0.302 e. The largest absolute Gasteiger partial charge is 0.463 e. The molecule has 72 valence electrons. The van der Waals surface area contributed by atoms with E-state index in [4.69, 9.17) is 0 Å². The number of carbonyl (C=O) groups is 1. The third-order valence-electron chi connectivity index (χ3n) is 1.33. The molecule has 3 heteroatoms. The number of esters is 1. The average Bonchev–Trinajstić information content (AvgIpc) is 1.79. The third-order valence-corrected chi connectivity index (χ3v) is 1.33. The topological polar surface area (TPSA) is 46.5 Å². The lowest BCUT2D eigenvalue weighted by molar-refractivity contribution is -0.144. The van der Waals surface area contributed by atoms with E-state index < -0.39 is 6.10 Å². The summed E-state index contributed by atoms with van der Waals surface area (Å²) < 4.78 is 4.66. The summed E-state index contributed by atoms with van der Waals surface area (Å²) in [6.45, 7) is 7.54. The predicted molar refractivity (Wildman–Crippen MR) is 46.7 cm³/mol. The van der Waals surface area contributed by atoms with Gasteiger partial charge in [0.1, 0.15) is 6.61 Å². The molecule has 0 aromatic rings. The van der Waals surface area contributed by atoms with Gasteiger partial charge in [-0.3, -0.25) is 4.79 Å². The molecule has 1 atom stereocenters. The molecule has 1 unspecified atom stereocenters. The zero-order chi connectivity index (χ0) is 9.78. The van der Waals surface area contributed by atoms with Crippen LogP contribution in [0.3, 0.4) is 0 Å². The molecule has 3 nitrogen and oxygen atoms in total. The standard InChI is InChI=1S/C9H18O3/c1-7(10)12-6-8(11)5-9(2,3)4/h8,11H,5-6H2,1-4H3. The summed E-state index contributed by atoms with van der Waals surface area (Å²) in [6.07, 6.45) is 0.0919. The molecule has 0 saturated carbocycles. The van der Waals surface area contributed by atoms with Crippen molar-refractivity contribution in [3.8, 4) is 0 Å². The molecule has 1 N–H and O–H groups in total. The minimum Gasteiger partial charge on any atom is -0.463 e. The van der Waals surface area contributed by atoms with Gasteiger partial charge in [-0.1, -0.05) is 20.8 Å². The van der Waals surface area contributed by atoms with Crippen LogP contribution in [0.1, 0.15) is 34.1 Å². The Morgan fingerprint density at radius 1 is 1.50 bits per heavy atom. The first kappa shape index (κ1) is 11.4. The summed E-state index contributed by atoms with van der Waals surface area (Å²) in [4.78, 5) is 10.4. The molecular weight excluding hydrogens is 156 g/mol. The Morgan fingerprint density at radius 2 is 2.00 bits per heavy atom. The zero-order valence-electron chi connectivity index (χ0n) is 8.26. The van der Waals surface area contributed by atoms with E-state index in [0.717, 1.165) is 0 Å². The van der Waals surface area contributed by atoms with Crippen molar-refractivity contribution in [2.45, 2.75) is 40.2 Å². The second kappa shape index (κ2) is 4.45. The normalized spacial score (nSPS) is 14.1. The molecule has 0 aromatic heterocycles. The summed E-state index contributed by atoms with van der Waals surface area (Å²) >= 11 is 0. The fourth-order valence-corrected chi connectivity index (χ4v) is 0.979. The van der Waals surface area contributed by atoms with E-state index in [2.05, 4.69) is 4.74 Å². The van der Waals surface area contributed by atoms with Crippen LogP contribution in [0.15, 0.2) is 0 Å². The summed E-state index contributed by atoms with van der Waals surface area (Å²) in [7, 11) is 0. The van der Waals surface area contributed by atoms with Crippen molar-refractivity contribution < 1.29 is 14.6 Å². The number of hydrogen-bond acceptors (Lipinski definition) is 3. The molecule has 0 spiro atoms. The quantitative estimate of drug-likeness (QED) is 0.657. The summed E-state index contributed by atoms with van der Waals surface area (Å²) in [5.41, 5.74) is 0.0690. The van der Waals surface area contributed by atoms with Gasteiger partial charge in [0, 0.05) is 6.92 Å². The number of ether oxygens (including phenoxy) is 1. The van der Waals surface area contributed by atoms with Crippen molar-refractivity contribution in [2.24, 2.45) is 5.41 Å². The molecule has 0 aromatic carbocycles.